The van der Waals surface area contributed by atoms with Gasteiger partial charge >= 0.3 is 0 Å². The molecule has 2 amide bonds. The van der Waals surface area contributed by atoms with Crippen molar-refractivity contribution in [2.75, 3.05) is 37.7 Å². The Morgan fingerprint density at radius 2 is 1.76 bits per heavy atom. The molecule has 154 valence electrons. The third kappa shape index (κ3) is 6.41. The number of carbonyl (C=O) groups excluding carboxylic acids is 2. The monoisotopic (exact) mass is 397 g/mol. The Hall–Kier alpha value is -3.22. The zero-order chi connectivity index (χ0) is 20.5. The molecule has 0 unspecified atom stereocenters. The maximum atomic E-state index is 12.0. The SMILES string of the molecule is CCCOc1ccc(OCC(=O)NCc2ccc(N3CCNC(=O)C3)cc2)cc1. The lowest BCUT2D eigenvalue weighted by molar-refractivity contribution is -0.123. The van der Waals surface area contributed by atoms with Crippen LogP contribution in [0.4, 0.5) is 5.69 Å². The lowest BCUT2D eigenvalue weighted by atomic mass is 10.2. The van der Waals surface area contributed by atoms with Crippen molar-refractivity contribution in [1.82, 2.24) is 10.6 Å². The van der Waals surface area contributed by atoms with E-state index >= 15 is 0 Å². The van der Waals surface area contributed by atoms with E-state index in [1.54, 1.807) is 12.1 Å². The summed E-state index contributed by atoms with van der Waals surface area (Å²) in [6.45, 7) is 4.94. The molecule has 2 aromatic carbocycles. The summed E-state index contributed by atoms with van der Waals surface area (Å²) in [5, 5.41) is 5.66. The summed E-state index contributed by atoms with van der Waals surface area (Å²) in [5.74, 6) is 1.26. The highest BCUT2D eigenvalue weighted by atomic mass is 16.5. The first kappa shape index (κ1) is 20.5. The number of nitrogens with zero attached hydrogens (tertiary/aromatic N) is 1. The van der Waals surface area contributed by atoms with E-state index in [2.05, 4.69) is 17.6 Å². The van der Waals surface area contributed by atoms with Crippen molar-refractivity contribution in [3.05, 3.63) is 54.1 Å². The standard InChI is InChI=1S/C22H27N3O4/c1-2-13-28-19-7-9-20(10-8-19)29-16-22(27)24-14-17-3-5-18(6-4-17)25-12-11-23-21(26)15-25/h3-10H,2,11-16H2,1H3,(H,23,26)(H,24,27). The minimum Gasteiger partial charge on any atom is -0.494 e. The highest BCUT2D eigenvalue weighted by Crippen LogP contribution is 2.18. The molecule has 0 radical (unpaired) electrons. The second kappa shape index (κ2) is 10.4. The number of anilines is 1. The van der Waals surface area contributed by atoms with E-state index in [1.807, 2.05) is 41.3 Å². The Kier molecular flexibility index (Phi) is 7.33. The number of nitrogens with one attached hydrogen (secondary N) is 2. The van der Waals surface area contributed by atoms with Gasteiger partial charge in [0, 0.05) is 25.3 Å². The van der Waals surface area contributed by atoms with Gasteiger partial charge in [-0.15, -0.1) is 0 Å². The molecule has 1 aliphatic rings. The normalized spacial score (nSPS) is 13.6. The van der Waals surface area contributed by atoms with Crippen LogP contribution in [0.25, 0.3) is 0 Å². The molecule has 2 N–H and O–H groups in total. The molecule has 0 atom stereocenters. The van der Waals surface area contributed by atoms with Crippen molar-refractivity contribution in [2.24, 2.45) is 0 Å². The molecule has 0 saturated carbocycles. The van der Waals surface area contributed by atoms with Crippen molar-refractivity contribution >= 4 is 17.5 Å². The summed E-state index contributed by atoms with van der Waals surface area (Å²) in [5.41, 5.74) is 1.99. The van der Waals surface area contributed by atoms with E-state index in [0.29, 0.717) is 32.0 Å². The van der Waals surface area contributed by atoms with Crippen LogP contribution >= 0.6 is 0 Å². The van der Waals surface area contributed by atoms with Gasteiger partial charge in [0.25, 0.3) is 5.91 Å². The summed E-state index contributed by atoms with van der Waals surface area (Å²) >= 11 is 0. The third-order valence-electron chi connectivity index (χ3n) is 4.50. The van der Waals surface area contributed by atoms with Crippen molar-refractivity contribution < 1.29 is 19.1 Å². The molecule has 2 aromatic rings. The van der Waals surface area contributed by atoms with Gasteiger partial charge in [-0.2, -0.15) is 0 Å². The molecule has 0 aliphatic carbocycles. The number of piperazine rings is 1. The first-order chi connectivity index (χ1) is 14.1. The average molecular weight is 397 g/mol. The minimum atomic E-state index is -0.187. The fraction of sp³-hybridized carbons (Fsp3) is 0.364. The molecule has 29 heavy (non-hydrogen) atoms. The van der Waals surface area contributed by atoms with Gasteiger partial charge in [-0.05, 0) is 48.4 Å². The number of hydrogen-bond donors (Lipinski definition) is 2. The van der Waals surface area contributed by atoms with Gasteiger partial charge in [0.05, 0.1) is 13.2 Å². The Balaban J connectivity index is 1.40. The largest absolute Gasteiger partial charge is 0.494 e. The zero-order valence-electron chi connectivity index (χ0n) is 16.6. The Labute approximate surface area is 171 Å². The predicted octanol–water partition coefficient (Wildman–Crippen LogP) is 2.11. The van der Waals surface area contributed by atoms with Gasteiger partial charge in [-0.25, -0.2) is 0 Å². The van der Waals surface area contributed by atoms with E-state index in [4.69, 9.17) is 9.47 Å². The minimum absolute atomic E-state index is 0.0377. The second-order valence-corrected chi connectivity index (χ2v) is 6.82. The predicted molar refractivity (Wildman–Crippen MR) is 111 cm³/mol. The zero-order valence-corrected chi connectivity index (χ0v) is 16.6. The Bertz CT molecular complexity index is 806. The molecule has 1 aliphatic heterocycles. The smallest absolute Gasteiger partial charge is 0.258 e. The molecule has 0 bridgehead atoms. The van der Waals surface area contributed by atoms with E-state index in [1.165, 1.54) is 0 Å². The summed E-state index contributed by atoms with van der Waals surface area (Å²) < 4.78 is 11.0. The molecular weight excluding hydrogens is 370 g/mol. The molecule has 7 heteroatoms. The van der Waals surface area contributed by atoms with Crippen LogP contribution < -0.4 is 25.0 Å². The van der Waals surface area contributed by atoms with Gasteiger partial charge in [-0.3, -0.25) is 9.59 Å². The van der Waals surface area contributed by atoms with Crippen LogP contribution in [0.5, 0.6) is 11.5 Å². The highest BCUT2D eigenvalue weighted by Gasteiger charge is 2.16. The van der Waals surface area contributed by atoms with Gasteiger partial charge in [0.1, 0.15) is 11.5 Å². The second-order valence-electron chi connectivity index (χ2n) is 6.82. The van der Waals surface area contributed by atoms with Crippen LogP contribution in [0, 0.1) is 0 Å². The van der Waals surface area contributed by atoms with Gasteiger partial charge < -0.3 is 25.0 Å². The third-order valence-corrected chi connectivity index (χ3v) is 4.50. The Morgan fingerprint density at radius 1 is 1.07 bits per heavy atom. The molecule has 3 rings (SSSR count). The summed E-state index contributed by atoms with van der Waals surface area (Å²) in [6, 6.07) is 15.1. The fourth-order valence-electron chi connectivity index (χ4n) is 2.94. The number of benzene rings is 2. The van der Waals surface area contributed by atoms with Crippen LogP contribution in [0.15, 0.2) is 48.5 Å². The van der Waals surface area contributed by atoms with Gasteiger partial charge in [0.2, 0.25) is 5.91 Å². The molecule has 1 saturated heterocycles. The summed E-state index contributed by atoms with van der Waals surface area (Å²) in [6.07, 6.45) is 0.955. The van der Waals surface area contributed by atoms with E-state index in [9.17, 15) is 9.59 Å². The molecule has 0 aromatic heterocycles. The average Bonchev–Trinajstić information content (AvgIpc) is 2.76. The van der Waals surface area contributed by atoms with Gasteiger partial charge in [-0.1, -0.05) is 19.1 Å². The van der Waals surface area contributed by atoms with Crippen LogP contribution in [0.1, 0.15) is 18.9 Å². The van der Waals surface area contributed by atoms with E-state index in [0.717, 1.165) is 30.0 Å². The molecule has 7 nitrogen and oxygen atoms in total. The Morgan fingerprint density at radius 3 is 2.41 bits per heavy atom. The lowest BCUT2D eigenvalue weighted by Crippen LogP contribution is -2.47. The molecule has 1 heterocycles. The van der Waals surface area contributed by atoms with E-state index in [-0.39, 0.29) is 18.4 Å². The van der Waals surface area contributed by atoms with Crippen molar-refractivity contribution in [2.45, 2.75) is 19.9 Å². The van der Waals surface area contributed by atoms with Crippen LogP contribution in [-0.4, -0.2) is 44.7 Å². The summed E-state index contributed by atoms with van der Waals surface area (Å²) in [4.78, 5) is 25.6. The first-order valence-electron chi connectivity index (χ1n) is 9.87. The number of hydrogen-bond acceptors (Lipinski definition) is 5. The van der Waals surface area contributed by atoms with E-state index < -0.39 is 0 Å². The van der Waals surface area contributed by atoms with Crippen molar-refractivity contribution in [3.63, 3.8) is 0 Å². The van der Waals surface area contributed by atoms with Crippen LogP contribution in [-0.2, 0) is 16.1 Å². The quantitative estimate of drug-likeness (QED) is 0.678. The highest BCUT2D eigenvalue weighted by molar-refractivity contribution is 5.82. The number of ether oxygens (including phenoxy) is 2. The molecule has 0 spiro atoms. The van der Waals surface area contributed by atoms with Crippen LogP contribution in [0.3, 0.4) is 0 Å². The maximum absolute atomic E-state index is 12.0. The number of amides is 2. The summed E-state index contributed by atoms with van der Waals surface area (Å²) in [7, 11) is 0. The lowest BCUT2D eigenvalue weighted by Gasteiger charge is -2.28. The van der Waals surface area contributed by atoms with Crippen molar-refractivity contribution in [1.29, 1.82) is 0 Å². The topological polar surface area (TPSA) is 79.9 Å². The van der Waals surface area contributed by atoms with Gasteiger partial charge in [0.15, 0.2) is 6.61 Å². The van der Waals surface area contributed by atoms with Crippen LogP contribution in [0.2, 0.25) is 0 Å². The molecule has 1 fully saturated rings. The maximum Gasteiger partial charge on any atom is 0.258 e. The van der Waals surface area contributed by atoms with Crippen molar-refractivity contribution in [3.8, 4) is 11.5 Å². The molecular formula is C22H27N3O4. The fourth-order valence-corrected chi connectivity index (χ4v) is 2.94. The first-order valence-corrected chi connectivity index (χ1v) is 9.87. The number of carbonyl (C=O) groups is 2. The number of rotatable bonds is 9.